The minimum absolute atomic E-state index is 0.300. The van der Waals surface area contributed by atoms with Crippen molar-refractivity contribution in [3.8, 4) is 5.75 Å². The van der Waals surface area contributed by atoms with Gasteiger partial charge in [-0.3, -0.25) is 4.90 Å². The van der Waals surface area contributed by atoms with Gasteiger partial charge in [-0.25, -0.2) is 0 Å². The highest BCUT2D eigenvalue weighted by molar-refractivity contribution is 5.33. The molecule has 0 saturated carbocycles. The average molecular weight is 263 g/mol. The fourth-order valence-corrected chi connectivity index (χ4v) is 2.94. The lowest BCUT2D eigenvalue weighted by Crippen LogP contribution is -2.42. The molecule has 0 amide bonds. The second kappa shape index (κ2) is 7.51. The molecule has 0 aliphatic carbocycles. The maximum absolute atomic E-state index is 9.40. The van der Waals surface area contributed by atoms with E-state index in [1.807, 2.05) is 12.1 Å². The van der Waals surface area contributed by atoms with Gasteiger partial charge in [-0.15, -0.1) is 0 Å². The van der Waals surface area contributed by atoms with Gasteiger partial charge in [0.1, 0.15) is 5.75 Å². The number of hydrogen-bond donors (Lipinski definition) is 1. The Balaban J connectivity index is 1.82. The predicted molar refractivity (Wildman–Crippen MR) is 77.6 cm³/mol. The summed E-state index contributed by atoms with van der Waals surface area (Å²) in [5.74, 6) is 0.986. The van der Waals surface area contributed by atoms with E-state index < -0.39 is 0 Å². The zero-order chi connectivity index (χ0) is 13.5. The molecule has 1 heterocycles. The zero-order valence-corrected chi connectivity index (χ0v) is 11.8. The van der Waals surface area contributed by atoms with Gasteiger partial charge in [0.15, 0.2) is 0 Å². The monoisotopic (exact) mass is 263 g/mol. The lowest BCUT2D eigenvalue weighted by atomic mass is 10.0. The first kappa shape index (κ1) is 14.4. The maximum atomic E-state index is 9.40. The molecule has 0 bridgehead atoms. The molecule has 0 spiro atoms. The van der Waals surface area contributed by atoms with Crippen molar-refractivity contribution in [3.63, 3.8) is 0 Å². The second-order valence-corrected chi connectivity index (χ2v) is 5.28. The molecule has 1 fully saturated rings. The van der Waals surface area contributed by atoms with E-state index in [2.05, 4.69) is 17.0 Å². The minimum Gasteiger partial charge on any atom is -0.496 e. The smallest absolute Gasteiger partial charge is 0.122 e. The van der Waals surface area contributed by atoms with Gasteiger partial charge < -0.3 is 9.84 Å². The normalized spacial score (nSPS) is 20.4. The lowest BCUT2D eigenvalue weighted by molar-refractivity contribution is 0.0893. The van der Waals surface area contributed by atoms with Crippen molar-refractivity contribution in [1.82, 2.24) is 4.90 Å². The molecule has 0 radical (unpaired) electrons. The van der Waals surface area contributed by atoms with E-state index in [1.54, 1.807) is 7.11 Å². The highest BCUT2D eigenvalue weighted by Crippen LogP contribution is 2.21. The summed E-state index contributed by atoms with van der Waals surface area (Å²) in [6, 6.07) is 8.61. The maximum Gasteiger partial charge on any atom is 0.122 e. The molecular weight excluding hydrogens is 238 g/mol. The van der Waals surface area contributed by atoms with Gasteiger partial charge in [-0.2, -0.15) is 0 Å². The summed E-state index contributed by atoms with van der Waals surface area (Å²) in [4.78, 5) is 2.44. The van der Waals surface area contributed by atoms with Crippen LogP contribution >= 0.6 is 0 Å². The number of benzene rings is 1. The van der Waals surface area contributed by atoms with Crippen LogP contribution in [0.4, 0.5) is 0 Å². The molecule has 1 aromatic carbocycles. The van der Waals surface area contributed by atoms with Gasteiger partial charge in [0.25, 0.3) is 0 Å². The lowest BCUT2D eigenvalue weighted by Gasteiger charge is -2.34. The Kier molecular flexibility index (Phi) is 5.67. The number of rotatable bonds is 6. The molecule has 1 saturated heterocycles. The quantitative estimate of drug-likeness (QED) is 0.856. The molecule has 1 atom stereocenters. The van der Waals surface area contributed by atoms with Crippen LogP contribution in [0.3, 0.4) is 0 Å². The number of ether oxygens (including phenoxy) is 1. The van der Waals surface area contributed by atoms with E-state index in [4.69, 9.17) is 4.74 Å². The van der Waals surface area contributed by atoms with Crippen molar-refractivity contribution < 1.29 is 9.84 Å². The summed E-state index contributed by atoms with van der Waals surface area (Å²) >= 11 is 0. The highest BCUT2D eigenvalue weighted by Gasteiger charge is 2.20. The van der Waals surface area contributed by atoms with Crippen LogP contribution in [-0.2, 0) is 6.42 Å². The number of hydrogen-bond acceptors (Lipinski definition) is 3. The molecule has 2 rings (SSSR count). The van der Waals surface area contributed by atoms with E-state index in [1.165, 1.54) is 18.4 Å². The van der Waals surface area contributed by atoms with E-state index in [0.29, 0.717) is 12.6 Å². The highest BCUT2D eigenvalue weighted by atomic mass is 16.5. The van der Waals surface area contributed by atoms with Gasteiger partial charge in [-0.1, -0.05) is 24.6 Å². The Bertz CT molecular complexity index is 381. The Hall–Kier alpha value is -1.06. The van der Waals surface area contributed by atoms with Crippen LogP contribution in [0.1, 0.15) is 31.2 Å². The summed E-state index contributed by atoms with van der Waals surface area (Å²) in [7, 11) is 1.73. The molecule has 3 nitrogen and oxygen atoms in total. The Morgan fingerprint density at radius 1 is 1.32 bits per heavy atom. The van der Waals surface area contributed by atoms with Crippen LogP contribution in [-0.4, -0.2) is 42.9 Å². The van der Waals surface area contributed by atoms with Gasteiger partial charge in [0.2, 0.25) is 0 Å². The fourth-order valence-electron chi connectivity index (χ4n) is 2.94. The molecule has 1 aromatic rings. The van der Waals surface area contributed by atoms with E-state index >= 15 is 0 Å². The van der Waals surface area contributed by atoms with Crippen molar-refractivity contribution >= 4 is 0 Å². The van der Waals surface area contributed by atoms with Crippen LogP contribution in [0.25, 0.3) is 0 Å². The van der Waals surface area contributed by atoms with Gasteiger partial charge in [0.05, 0.1) is 13.7 Å². The summed E-state index contributed by atoms with van der Waals surface area (Å²) in [5.41, 5.74) is 1.28. The number of aliphatic hydroxyl groups excluding tert-OH is 1. The third kappa shape index (κ3) is 3.95. The van der Waals surface area contributed by atoms with Crippen LogP contribution in [0, 0.1) is 0 Å². The second-order valence-electron chi connectivity index (χ2n) is 5.28. The molecule has 19 heavy (non-hydrogen) atoms. The van der Waals surface area contributed by atoms with Crippen LogP contribution < -0.4 is 4.74 Å². The average Bonchev–Trinajstić information content (AvgIpc) is 2.48. The Morgan fingerprint density at radius 3 is 2.95 bits per heavy atom. The first-order valence-corrected chi connectivity index (χ1v) is 7.32. The number of likely N-dealkylation sites (tertiary alicyclic amines) is 1. The Morgan fingerprint density at radius 2 is 2.16 bits per heavy atom. The third-order valence-electron chi connectivity index (χ3n) is 4.04. The first-order chi connectivity index (χ1) is 9.35. The van der Waals surface area contributed by atoms with Gasteiger partial charge in [-0.05, 0) is 50.4 Å². The minimum atomic E-state index is 0.300. The molecule has 3 heteroatoms. The summed E-state index contributed by atoms with van der Waals surface area (Å²) < 4.78 is 5.38. The SMILES string of the molecule is COc1ccccc1CCCN1CCCCC1CO. The van der Waals surface area contributed by atoms with Crippen molar-refractivity contribution in [1.29, 1.82) is 0 Å². The number of aryl methyl sites for hydroxylation is 1. The number of piperidine rings is 1. The largest absolute Gasteiger partial charge is 0.496 e. The van der Waals surface area contributed by atoms with Crippen molar-refractivity contribution in [2.24, 2.45) is 0 Å². The molecule has 106 valence electrons. The standard InChI is InChI=1S/C16H25NO2/c1-19-16-10-3-2-7-14(16)8-6-12-17-11-5-4-9-15(17)13-18/h2-3,7,10,15,18H,4-6,8-9,11-13H2,1H3. The van der Waals surface area contributed by atoms with Crippen LogP contribution in [0.5, 0.6) is 5.75 Å². The summed E-state index contributed by atoms with van der Waals surface area (Å²) in [6.45, 7) is 2.51. The van der Waals surface area contributed by atoms with E-state index in [0.717, 1.165) is 38.1 Å². The molecule has 0 aromatic heterocycles. The summed E-state index contributed by atoms with van der Waals surface area (Å²) in [6.07, 6.45) is 5.83. The van der Waals surface area contributed by atoms with Crippen molar-refractivity contribution in [2.45, 2.75) is 38.1 Å². The molecule has 1 unspecified atom stereocenters. The molecule has 1 N–H and O–H groups in total. The van der Waals surface area contributed by atoms with Crippen LogP contribution in [0.15, 0.2) is 24.3 Å². The molecule has 1 aliphatic heterocycles. The third-order valence-corrected chi connectivity index (χ3v) is 4.04. The van der Waals surface area contributed by atoms with E-state index in [-0.39, 0.29) is 0 Å². The van der Waals surface area contributed by atoms with Gasteiger partial charge >= 0.3 is 0 Å². The van der Waals surface area contributed by atoms with Crippen molar-refractivity contribution in [2.75, 3.05) is 26.8 Å². The predicted octanol–water partition coefficient (Wildman–Crippen LogP) is 2.47. The fraction of sp³-hybridized carbons (Fsp3) is 0.625. The first-order valence-electron chi connectivity index (χ1n) is 7.32. The number of para-hydroxylation sites is 1. The Labute approximate surface area is 116 Å². The van der Waals surface area contributed by atoms with E-state index in [9.17, 15) is 5.11 Å². The number of nitrogens with zero attached hydrogens (tertiary/aromatic N) is 1. The zero-order valence-electron chi connectivity index (χ0n) is 11.8. The molecule has 1 aliphatic rings. The number of methoxy groups -OCH3 is 1. The van der Waals surface area contributed by atoms with Crippen molar-refractivity contribution in [3.05, 3.63) is 29.8 Å². The topological polar surface area (TPSA) is 32.7 Å². The molecular formula is C16H25NO2. The summed E-state index contributed by atoms with van der Waals surface area (Å²) in [5, 5.41) is 9.40. The van der Waals surface area contributed by atoms with Gasteiger partial charge in [0, 0.05) is 6.04 Å². The number of aliphatic hydroxyl groups is 1. The van der Waals surface area contributed by atoms with Crippen LogP contribution in [0.2, 0.25) is 0 Å².